The van der Waals surface area contributed by atoms with Gasteiger partial charge >= 0.3 is 0 Å². The molecule has 104 valence electrons. The molecule has 2 aromatic rings. The summed E-state index contributed by atoms with van der Waals surface area (Å²) in [5.41, 5.74) is 1.42. The van der Waals surface area contributed by atoms with Gasteiger partial charge < -0.3 is 9.72 Å². The van der Waals surface area contributed by atoms with Gasteiger partial charge in [-0.2, -0.15) is 0 Å². The predicted octanol–water partition coefficient (Wildman–Crippen LogP) is 2.79. The topological polar surface area (TPSA) is 55.0 Å². The molecule has 0 bridgehead atoms. The van der Waals surface area contributed by atoms with Crippen LogP contribution in [0.1, 0.15) is 17.1 Å². The Morgan fingerprint density at radius 3 is 3.10 bits per heavy atom. The van der Waals surface area contributed by atoms with Crippen molar-refractivity contribution >= 4 is 23.4 Å². The first kappa shape index (κ1) is 13.7. The lowest BCUT2D eigenvalue weighted by molar-refractivity contribution is 0.108. The molecule has 1 N–H and O–H groups in total. The van der Waals surface area contributed by atoms with Gasteiger partial charge in [-0.25, -0.2) is 4.98 Å². The summed E-state index contributed by atoms with van der Waals surface area (Å²) < 4.78 is 5.28. The molecule has 1 aliphatic rings. The van der Waals surface area contributed by atoms with E-state index in [9.17, 15) is 4.79 Å². The Labute approximate surface area is 125 Å². The van der Waals surface area contributed by atoms with Crippen LogP contribution < -0.4 is 5.56 Å². The number of rotatable bonds is 3. The molecule has 1 aromatic carbocycles. The first-order chi connectivity index (χ1) is 9.74. The second-order valence-corrected chi connectivity index (χ2v) is 5.88. The quantitative estimate of drug-likeness (QED) is 0.886. The van der Waals surface area contributed by atoms with Crippen molar-refractivity contribution in [2.75, 3.05) is 6.61 Å². The molecule has 6 heteroatoms. The Balaban J connectivity index is 1.80. The molecule has 0 radical (unpaired) electrons. The highest BCUT2D eigenvalue weighted by Gasteiger charge is 2.16. The minimum atomic E-state index is -0.0931. The van der Waals surface area contributed by atoms with Crippen molar-refractivity contribution in [1.29, 1.82) is 0 Å². The second kappa shape index (κ2) is 5.99. The lowest BCUT2D eigenvalue weighted by Gasteiger charge is -2.15. The van der Waals surface area contributed by atoms with Crippen LogP contribution in [0.25, 0.3) is 0 Å². The largest absolute Gasteiger partial charge is 0.376 e. The number of H-pyrrole nitrogens is 1. The van der Waals surface area contributed by atoms with Gasteiger partial charge in [0.15, 0.2) is 0 Å². The minimum absolute atomic E-state index is 0.0931. The summed E-state index contributed by atoms with van der Waals surface area (Å²) in [5.74, 6) is 1.27. The predicted molar refractivity (Wildman–Crippen MR) is 79.2 cm³/mol. The van der Waals surface area contributed by atoms with E-state index in [1.807, 2.05) is 24.3 Å². The van der Waals surface area contributed by atoms with Crippen LogP contribution in [0.2, 0.25) is 5.02 Å². The highest BCUT2D eigenvalue weighted by Crippen LogP contribution is 2.28. The Hall–Kier alpha value is -1.30. The van der Waals surface area contributed by atoms with E-state index in [0.29, 0.717) is 41.8 Å². The van der Waals surface area contributed by atoms with Crippen molar-refractivity contribution in [3.05, 3.63) is 56.7 Å². The van der Waals surface area contributed by atoms with E-state index < -0.39 is 0 Å². The van der Waals surface area contributed by atoms with E-state index in [4.69, 9.17) is 16.3 Å². The lowest BCUT2D eigenvalue weighted by Crippen LogP contribution is -2.25. The van der Waals surface area contributed by atoms with Crippen molar-refractivity contribution < 1.29 is 4.74 Å². The number of aromatic nitrogens is 2. The van der Waals surface area contributed by atoms with Gasteiger partial charge in [-0.1, -0.05) is 23.7 Å². The molecule has 4 nitrogen and oxygen atoms in total. The molecule has 3 rings (SSSR count). The number of aromatic amines is 1. The number of hydrogen-bond donors (Lipinski definition) is 1. The number of halogens is 1. The highest BCUT2D eigenvalue weighted by molar-refractivity contribution is 7.98. The average molecular weight is 309 g/mol. The Morgan fingerprint density at radius 2 is 2.25 bits per heavy atom. The van der Waals surface area contributed by atoms with Crippen molar-refractivity contribution in [3.63, 3.8) is 0 Å². The van der Waals surface area contributed by atoms with E-state index in [1.54, 1.807) is 11.8 Å². The smallest absolute Gasteiger partial charge is 0.256 e. The zero-order chi connectivity index (χ0) is 13.9. The van der Waals surface area contributed by atoms with Crippen LogP contribution in [0.4, 0.5) is 0 Å². The second-order valence-electron chi connectivity index (χ2n) is 4.46. The molecule has 2 heterocycles. The number of hydrogen-bond acceptors (Lipinski definition) is 4. The normalized spacial score (nSPS) is 14.1. The molecule has 0 spiro atoms. The summed E-state index contributed by atoms with van der Waals surface area (Å²) in [4.78, 5) is 20.3. The van der Waals surface area contributed by atoms with E-state index >= 15 is 0 Å². The number of nitrogens with zero attached hydrogens (tertiary/aromatic N) is 1. The number of fused-ring (bicyclic) bond motifs is 1. The first-order valence-corrected chi connectivity index (χ1v) is 7.66. The van der Waals surface area contributed by atoms with Gasteiger partial charge in [0.2, 0.25) is 0 Å². The van der Waals surface area contributed by atoms with Crippen molar-refractivity contribution in [3.8, 4) is 0 Å². The maximum atomic E-state index is 12.0. The molecular formula is C14H13ClN2O2S. The summed E-state index contributed by atoms with van der Waals surface area (Å²) in [6.07, 6.45) is 0.697. The Morgan fingerprint density at radius 1 is 1.40 bits per heavy atom. The molecule has 0 saturated heterocycles. The monoisotopic (exact) mass is 308 g/mol. The zero-order valence-electron chi connectivity index (χ0n) is 10.7. The highest BCUT2D eigenvalue weighted by atomic mass is 35.5. The molecule has 0 aliphatic carbocycles. The summed E-state index contributed by atoms with van der Waals surface area (Å²) in [5, 5.41) is 0.714. The molecule has 0 amide bonds. The van der Waals surface area contributed by atoms with E-state index in [-0.39, 0.29) is 5.56 Å². The lowest BCUT2D eigenvalue weighted by atomic mass is 10.1. The van der Waals surface area contributed by atoms with Gasteiger partial charge in [0.25, 0.3) is 5.56 Å². The Kier molecular flexibility index (Phi) is 4.10. The van der Waals surface area contributed by atoms with Gasteiger partial charge in [-0.05, 0) is 12.1 Å². The molecule has 1 aliphatic heterocycles. The van der Waals surface area contributed by atoms with Gasteiger partial charge in [0.1, 0.15) is 5.82 Å². The number of thioether (sulfide) groups is 1. The molecule has 0 atom stereocenters. The van der Waals surface area contributed by atoms with E-state index in [0.717, 1.165) is 10.6 Å². The van der Waals surface area contributed by atoms with Gasteiger partial charge in [-0.15, -0.1) is 11.8 Å². The van der Waals surface area contributed by atoms with Crippen molar-refractivity contribution in [2.45, 2.75) is 23.7 Å². The SMILES string of the molecule is O=c1[nH]c(CSc2ccccc2Cl)nc2c1COCC2. The number of ether oxygens (including phenoxy) is 1. The fourth-order valence-corrected chi connectivity index (χ4v) is 3.18. The number of benzene rings is 1. The van der Waals surface area contributed by atoms with Crippen LogP contribution in [0, 0.1) is 0 Å². The third-order valence-electron chi connectivity index (χ3n) is 3.08. The fourth-order valence-electron chi connectivity index (χ4n) is 2.07. The number of nitrogens with one attached hydrogen (secondary N) is 1. The average Bonchev–Trinajstić information content (AvgIpc) is 2.46. The third-order valence-corrected chi connectivity index (χ3v) is 4.61. The fraction of sp³-hybridized carbons (Fsp3) is 0.286. The summed E-state index contributed by atoms with van der Waals surface area (Å²) >= 11 is 7.67. The third kappa shape index (κ3) is 2.90. The van der Waals surface area contributed by atoms with Gasteiger partial charge in [0, 0.05) is 11.3 Å². The van der Waals surface area contributed by atoms with Crippen LogP contribution in [-0.4, -0.2) is 16.6 Å². The van der Waals surface area contributed by atoms with Crippen LogP contribution in [-0.2, 0) is 23.5 Å². The molecule has 0 unspecified atom stereocenters. The molecule has 20 heavy (non-hydrogen) atoms. The molecular weight excluding hydrogens is 296 g/mol. The van der Waals surface area contributed by atoms with Crippen LogP contribution in [0.5, 0.6) is 0 Å². The molecule has 1 aromatic heterocycles. The standard InChI is InChI=1S/C14H13ClN2O2S/c15-10-3-1-2-4-12(10)20-8-13-16-11-5-6-19-7-9(11)14(18)17-13/h1-4H,5-8H2,(H,16,17,18). The van der Waals surface area contributed by atoms with Gasteiger partial charge in [0.05, 0.1) is 35.2 Å². The molecule has 0 fully saturated rings. The first-order valence-electron chi connectivity index (χ1n) is 6.30. The maximum Gasteiger partial charge on any atom is 0.256 e. The summed E-state index contributed by atoms with van der Waals surface area (Å²) in [7, 11) is 0. The van der Waals surface area contributed by atoms with Crippen molar-refractivity contribution in [2.24, 2.45) is 0 Å². The summed E-state index contributed by atoms with van der Waals surface area (Å²) in [6, 6.07) is 7.64. The van der Waals surface area contributed by atoms with Crippen LogP contribution in [0.3, 0.4) is 0 Å². The van der Waals surface area contributed by atoms with Crippen molar-refractivity contribution in [1.82, 2.24) is 9.97 Å². The van der Waals surface area contributed by atoms with E-state index in [1.165, 1.54) is 0 Å². The summed E-state index contributed by atoms with van der Waals surface area (Å²) in [6.45, 7) is 0.982. The zero-order valence-corrected chi connectivity index (χ0v) is 12.3. The van der Waals surface area contributed by atoms with Gasteiger partial charge in [-0.3, -0.25) is 4.79 Å². The van der Waals surface area contributed by atoms with Crippen LogP contribution >= 0.6 is 23.4 Å². The minimum Gasteiger partial charge on any atom is -0.376 e. The Bertz CT molecular complexity index is 687. The van der Waals surface area contributed by atoms with Crippen LogP contribution in [0.15, 0.2) is 34.0 Å². The van der Waals surface area contributed by atoms with E-state index in [2.05, 4.69) is 9.97 Å². The molecule has 0 saturated carbocycles. The maximum absolute atomic E-state index is 12.0.